The van der Waals surface area contributed by atoms with Gasteiger partial charge in [-0.2, -0.15) is 0 Å². The van der Waals surface area contributed by atoms with E-state index >= 15 is 0 Å². The number of halogens is 1. The van der Waals surface area contributed by atoms with Crippen LogP contribution < -0.4 is 11.3 Å². The van der Waals surface area contributed by atoms with E-state index in [1.54, 1.807) is 24.5 Å². The van der Waals surface area contributed by atoms with E-state index in [1.807, 2.05) is 0 Å². The van der Waals surface area contributed by atoms with Crippen molar-refractivity contribution >= 4 is 16.9 Å². The molecule has 35 heavy (non-hydrogen) atoms. The number of pyridine rings is 2. The highest BCUT2D eigenvalue weighted by atomic mass is 19.1. The molecule has 1 aliphatic carbocycles. The molecule has 0 radical (unpaired) electrons. The molecule has 3 aromatic rings. The molecule has 4 N–H and O–H groups in total. The molecule has 8 nitrogen and oxygen atoms in total. The summed E-state index contributed by atoms with van der Waals surface area (Å²) < 4.78 is 21.6. The minimum atomic E-state index is -1.93. The summed E-state index contributed by atoms with van der Waals surface area (Å²) in [6.45, 7) is 3.26. The van der Waals surface area contributed by atoms with Gasteiger partial charge in [-0.3, -0.25) is 4.79 Å². The Morgan fingerprint density at radius 1 is 1.26 bits per heavy atom. The Kier molecular flexibility index (Phi) is 4.59. The predicted octanol–water partition coefficient (Wildman–Crippen LogP) is 2.01. The minimum Gasteiger partial charge on any atom is -0.458 e. The van der Waals surface area contributed by atoms with E-state index in [2.05, 4.69) is 0 Å². The molecule has 2 aliphatic heterocycles. The number of cyclic esters (lactones) is 1. The summed E-state index contributed by atoms with van der Waals surface area (Å²) in [6.07, 6.45) is 1.44. The van der Waals surface area contributed by atoms with E-state index in [0.29, 0.717) is 41.7 Å². The van der Waals surface area contributed by atoms with Gasteiger partial charge in [-0.05, 0) is 55.4 Å². The molecular formula is C26H26FN3O5. The molecule has 0 spiro atoms. The highest BCUT2D eigenvalue weighted by molar-refractivity contribution is 5.93. The first-order chi connectivity index (χ1) is 16.6. The van der Waals surface area contributed by atoms with Crippen LogP contribution in [0.4, 0.5) is 4.39 Å². The van der Waals surface area contributed by atoms with E-state index in [4.69, 9.17) is 15.5 Å². The standard InChI is InChI=1S/C26H26FN3O5/c1-3-26(34)16-8-19-22-14(10-30(19)23(32)15(16)11-35-24(26)33)21-20-13(4-5-25(21,28)6-7-31)12(2)17(27)9-18(20)29-22/h8-9,31,34H,3-7,10-11,28H2,1-2H3/t25-,26+/m1/s1. The van der Waals surface area contributed by atoms with E-state index in [1.165, 1.54) is 6.07 Å². The largest absolute Gasteiger partial charge is 0.458 e. The molecule has 0 saturated carbocycles. The Morgan fingerprint density at radius 3 is 2.74 bits per heavy atom. The van der Waals surface area contributed by atoms with Gasteiger partial charge in [0, 0.05) is 34.7 Å². The van der Waals surface area contributed by atoms with Crippen LogP contribution in [0.3, 0.4) is 0 Å². The third-order valence-electron chi connectivity index (χ3n) is 8.18. The second-order valence-corrected chi connectivity index (χ2v) is 9.90. The SMILES string of the molecule is CC[C@@]1(O)C(=O)OCc2c1cc1n(c2=O)Cc2c-1nc1cc(F)c(C)c3c1c2[C@](N)(CCO)CC3. The average molecular weight is 480 g/mol. The molecule has 0 fully saturated rings. The monoisotopic (exact) mass is 479 g/mol. The van der Waals surface area contributed by atoms with Gasteiger partial charge < -0.3 is 25.3 Å². The van der Waals surface area contributed by atoms with Gasteiger partial charge in [-0.25, -0.2) is 14.2 Å². The Balaban J connectivity index is 1.71. The van der Waals surface area contributed by atoms with Crippen LogP contribution in [0.25, 0.3) is 22.3 Å². The average Bonchev–Trinajstić information content (AvgIpc) is 3.19. The van der Waals surface area contributed by atoms with Crippen LogP contribution in [-0.2, 0) is 40.2 Å². The normalized spacial score (nSPS) is 24.2. The molecule has 4 heterocycles. The summed E-state index contributed by atoms with van der Waals surface area (Å²) in [6, 6.07) is 3.03. The molecule has 9 heteroatoms. The number of aliphatic hydroxyl groups is 2. The molecular weight excluding hydrogens is 453 g/mol. The number of rotatable bonds is 3. The van der Waals surface area contributed by atoms with Crippen LogP contribution in [-0.4, -0.2) is 32.3 Å². The maximum absolute atomic E-state index is 14.9. The van der Waals surface area contributed by atoms with Crippen molar-refractivity contribution in [2.45, 2.75) is 63.8 Å². The first kappa shape index (κ1) is 22.3. The highest BCUT2D eigenvalue weighted by Gasteiger charge is 2.46. The highest BCUT2D eigenvalue weighted by Crippen LogP contribution is 2.48. The van der Waals surface area contributed by atoms with Crippen LogP contribution >= 0.6 is 0 Å². The molecule has 3 aliphatic rings. The topological polar surface area (TPSA) is 128 Å². The number of hydrogen-bond acceptors (Lipinski definition) is 7. The lowest BCUT2D eigenvalue weighted by Crippen LogP contribution is -2.44. The van der Waals surface area contributed by atoms with Gasteiger partial charge in [0.25, 0.3) is 5.56 Å². The zero-order chi connectivity index (χ0) is 24.9. The van der Waals surface area contributed by atoms with Crippen LogP contribution in [0.5, 0.6) is 0 Å². The number of ether oxygens (including phenoxy) is 1. The predicted molar refractivity (Wildman–Crippen MR) is 125 cm³/mol. The van der Waals surface area contributed by atoms with Gasteiger partial charge in [-0.15, -0.1) is 0 Å². The number of aromatic nitrogens is 2. The van der Waals surface area contributed by atoms with Gasteiger partial charge in [0.2, 0.25) is 0 Å². The van der Waals surface area contributed by atoms with Crippen molar-refractivity contribution in [2.75, 3.05) is 6.61 Å². The van der Waals surface area contributed by atoms with E-state index in [-0.39, 0.29) is 48.7 Å². The van der Waals surface area contributed by atoms with Crippen molar-refractivity contribution in [3.05, 3.63) is 61.7 Å². The maximum Gasteiger partial charge on any atom is 0.343 e. The number of benzene rings is 1. The molecule has 0 unspecified atom stereocenters. The van der Waals surface area contributed by atoms with Crippen LogP contribution in [0.2, 0.25) is 0 Å². The summed E-state index contributed by atoms with van der Waals surface area (Å²) >= 11 is 0. The van der Waals surface area contributed by atoms with E-state index in [9.17, 15) is 24.2 Å². The zero-order valence-corrected chi connectivity index (χ0v) is 19.6. The van der Waals surface area contributed by atoms with E-state index in [0.717, 1.165) is 22.1 Å². The number of nitrogens with two attached hydrogens (primary N) is 1. The summed E-state index contributed by atoms with van der Waals surface area (Å²) in [5.74, 6) is -1.15. The Morgan fingerprint density at radius 2 is 2.03 bits per heavy atom. The number of fused-ring (bicyclic) bond motifs is 5. The lowest BCUT2D eigenvalue weighted by atomic mass is 9.72. The number of hydrogen-bond donors (Lipinski definition) is 3. The second-order valence-electron chi connectivity index (χ2n) is 9.90. The molecule has 2 aromatic heterocycles. The van der Waals surface area contributed by atoms with Crippen LogP contribution in [0.15, 0.2) is 16.9 Å². The lowest BCUT2D eigenvalue weighted by Gasteiger charge is -2.37. The molecule has 1 aromatic carbocycles. The summed E-state index contributed by atoms with van der Waals surface area (Å²) in [5, 5.41) is 21.7. The molecule has 0 saturated heterocycles. The van der Waals surface area contributed by atoms with Gasteiger partial charge in [0.15, 0.2) is 5.60 Å². The number of carbonyl (C=O) groups is 1. The third kappa shape index (κ3) is 2.74. The molecule has 0 amide bonds. The quantitative estimate of drug-likeness (QED) is 0.384. The summed E-state index contributed by atoms with van der Waals surface area (Å²) in [5.41, 5.74) is 8.52. The molecule has 182 valence electrons. The van der Waals surface area contributed by atoms with Crippen molar-refractivity contribution in [1.82, 2.24) is 9.55 Å². The zero-order valence-electron chi connectivity index (χ0n) is 19.6. The lowest BCUT2D eigenvalue weighted by molar-refractivity contribution is -0.172. The summed E-state index contributed by atoms with van der Waals surface area (Å²) in [7, 11) is 0. The van der Waals surface area contributed by atoms with Gasteiger partial charge in [-0.1, -0.05) is 6.92 Å². The van der Waals surface area contributed by atoms with Crippen molar-refractivity contribution < 1.29 is 24.1 Å². The fourth-order valence-electron chi connectivity index (χ4n) is 6.17. The number of aliphatic hydroxyl groups excluding tert-OH is 1. The maximum atomic E-state index is 14.9. The first-order valence-corrected chi connectivity index (χ1v) is 11.9. The number of carbonyl (C=O) groups excluding carboxylic acids is 1. The van der Waals surface area contributed by atoms with Crippen molar-refractivity contribution in [3.8, 4) is 11.4 Å². The Bertz CT molecular complexity index is 1530. The fraction of sp³-hybridized carbons (Fsp3) is 0.423. The van der Waals surface area contributed by atoms with Crippen molar-refractivity contribution in [2.24, 2.45) is 5.73 Å². The Labute approximate surface area is 200 Å². The van der Waals surface area contributed by atoms with Gasteiger partial charge >= 0.3 is 5.97 Å². The molecule has 0 bridgehead atoms. The van der Waals surface area contributed by atoms with Gasteiger partial charge in [0.05, 0.1) is 29.0 Å². The Hall–Kier alpha value is -3.14. The fourth-order valence-corrected chi connectivity index (χ4v) is 6.17. The van der Waals surface area contributed by atoms with Crippen molar-refractivity contribution in [3.63, 3.8) is 0 Å². The number of nitrogens with zero attached hydrogens (tertiary/aromatic N) is 2. The number of aryl methyl sites for hydroxylation is 1. The van der Waals surface area contributed by atoms with Crippen LogP contribution in [0.1, 0.15) is 59.6 Å². The first-order valence-electron chi connectivity index (χ1n) is 11.9. The second kappa shape index (κ2) is 7.19. The third-order valence-corrected chi connectivity index (χ3v) is 8.18. The number of esters is 1. The van der Waals surface area contributed by atoms with Crippen LogP contribution in [0, 0.1) is 12.7 Å². The minimum absolute atomic E-state index is 0.0429. The van der Waals surface area contributed by atoms with E-state index < -0.39 is 17.1 Å². The molecule has 2 atom stereocenters. The smallest absolute Gasteiger partial charge is 0.343 e. The summed E-state index contributed by atoms with van der Waals surface area (Å²) in [4.78, 5) is 30.8. The van der Waals surface area contributed by atoms with Gasteiger partial charge in [0.1, 0.15) is 12.4 Å². The molecule has 6 rings (SSSR count). The van der Waals surface area contributed by atoms with Crippen molar-refractivity contribution in [1.29, 1.82) is 0 Å².